The maximum Gasteiger partial charge on any atom is 0.323 e. The number of hydrogen-bond donors (Lipinski definition) is 2. The maximum atomic E-state index is 12.5. The van der Waals surface area contributed by atoms with Crippen LogP contribution in [0.4, 0.5) is 16.2 Å². The quantitative estimate of drug-likeness (QED) is 0.244. The zero-order chi connectivity index (χ0) is 24.0. The number of amides is 2. The molecule has 2 amide bonds. The molecule has 0 saturated carbocycles. The van der Waals surface area contributed by atoms with Crippen molar-refractivity contribution in [2.45, 2.75) is 17.7 Å². The van der Waals surface area contributed by atoms with Crippen molar-refractivity contribution in [3.8, 4) is 5.69 Å². The minimum atomic E-state index is -0.258. The van der Waals surface area contributed by atoms with Crippen LogP contribution in [-0.2, 0) is 12.8 Å². The first-order valence-electron chi connectivity index (χ1n) is 11.5. The van der Waals surface area contributed by atoms with Crippen LogP contribution in [0.5, 0.6) is 0 Å². The molecule has 0 aliphatic carbocycles. The lowest BCUT2D eigenvalue weighted by Gasteiger charge is -2.11. The zero-order valence-corrected chi connectivity index (χ0v) is 20.3. The highest BCUT2D eigenvalue weighted by molar-refractivity contribution is 7.98. The molecule has 0 spiro atoms. The third-order valence-corrected chi connectivity index (χ3v) is 6.52. The van der Waals surface area contributed by atoms with Crippen molar-refractivity contribution < 1.29 is 4.79 Å². The molecule has 0 fully saturated rings. The van der Waals surface area contributed by atoms with E-state index in [1.54, 1.807) is 11.8 Å². The number of carbonyl (C=O) groups excluding carboxylic acids is 1. The SMILES string of the molecule is CSc1cccc(NC(=O)Nc2cccc(CCc3nc4ccccc4n3-c3ccccc3)c2)c1. The first kappa shape index (κ1) is 22.7. The van der Waals surface area contributed by atoms with Crippen molar-refractivity contribution in [1.29, 1.82) is 0 Å². The van der Waals surface area contributed by atoms with Gasteiger partial charge in [0.2, 0.25) is 0 Å². The highest BCUT2D eigenvalue weighted by atomic mass is 32.2. The fourth-order valence-electron chi connectivity index (χ4n) is 4.16. The van der Waals surface area contributed by atoms with Crippen molar-refractivity contribution in [2.24, 2.45) is 0 Å². The number of benzene rings is 4. The predicted octanol–water partition coefficient (Wildman–Crippen LogP) is 7.18. The van der Waals surface area contributed by atoms with E-state index in [-0.39, 0.29) is 6.03 Å². The van der Waals surface area contributed by atoms with E-state index in [0.29, 0.717) is 0 Å². The largest absolute Gasteiger partial charge is 0.323 e. The molecule has 0 unspecified atom stereocenters. The Morgan fingerprint density at radius 3 is 2.31 bits per heavy atom. The molecule has 5 aromatic rings. The van der Waals surface area contributed by atoms with E-state index in [4.69, 9.17) is 4.98 Å². The second-order valence-corrected chi connectivity index (χ2v) is 9.08. The number of nitrogens with zero attached hydrogens (tertiary/aromatic N) is 2. The number of thioether (sulfide) groups is 1. The summed E-state index contributed by atoms with van der Waals surface area (Å²) < 4.78 is 2.23. The fourth-order valence-corrected chi connectivity index (χ4v) is 4.62. The molecule has 35 heavy (non-hydrogen) atoms. The lowest BCUT2D eigenvalue weighted by molar-refractivity contribution is 0.262. The Morgan fingerprint density at radius 1 is 0.800 bits per heavy atom. The predicted molar refractivity (Wildman–Crippen MR) is 146 cm³/mol. The Balaban J connectivity index is 1.30. The van der Waals surface area contributed by atoms with Crippen LogP contribution in [0, 0.1) is 0 Å². The number of anilines is 2. The average Bonchev–Trinajstić information content (AvgIpc) is 3.26. The van der Waals surface area contributed by atoms with E-state index in [1.807, 2.05) is 79.1 Å². The molecule has 174 valence electrons. The van der Waals surface area contributed by atoms with E-state index in [9.17, 15) is 4.79 Å². The van der Waals surface area contributed by atoms with Gasteiger partial charge in [-0.15, -0.1) is 11.8 Å². The zero-order valence-electron chi connectivity index (χ0n) is 19.4. The molecule has 1 aromatic heterocycles. The van der Waals surface area contributed by atoms with Gasteiger partial charge in [0.25, 0.3) is 0 Å². The number of aromatic nitrogens is 2. The molecule has 0 aliphatic heterocycles. The van der Waals surface area contributed by atoms with Crippen molar-refractivity contribution in [2.75, 3.05) is 16.9 Å². The molecule has 2 N–H and O–H groups in total. The van der Waals surface area contributed by atoms with Crippen LogP contribution in [0.1, 0.15) is 11.4 Å². The van der Waals surface area contributed by atoms with Crippen molar-refractivity contribution in [3.05, 3.63) is 115 Å². The summed E-state index contributed by atoms with van der Waals surface area (Å²) in [7, 11) is 0. The summed E-state index contributed by atoms with van der Waals surface area (Å²) in [5, 5.41) is 5.85. The highest BCUT2D eigenvalue weighted by Gasteiger charge is 2.12. The molecule has 0 bridgehead atoms. The molecule has 0 atom stereocenters. The first-order valence-corrected chi connectivity index (χ1v) is 12.7. The smallest absolute Gasteiger partial charge is 0.308 e. The van der Waals surface area contributed by atoms with Crippen molar-refractivity contribution in [3.63, 3.8) is 0 Å². The molecule has 5 nitrogen and oxygen atoms in total. The molecule has 0 aliphatic rings. The van der Waals surface area contributed by atoms with Gasteiger partial charge < -0.3 is 10.6 Å². The van der Waals surface area contributed by atoms with E-state index in [1.165, 1.54) is 0 Å². The van der Waals surface area contributed by atoms with Crippen LogP contribution >= 0.6 is 11.8 Å². The Bertz CT molecular complexity index is 1460. The van der Waals surface area contributed by atoms with Gasteiger partial charge in [-0.3, -0.25) is 4.57 Å². The summed E-state index contributed by atoms with van der Waals surface area (Å²) in [6, 6.07) is 34.1. The number of urea groups is 1. The molecular formula is C29H26N4OS. The Kier molecular flexibility index (Phi) is 6.82. The molecule has 5 rings (SSSR count). The van der Waals surface area contributed by atoms with Crippen molar-refractivity contribution in [1.82, 2.24) is 9.55 Å². The van der Waals surface area contributed by atoms with Gasteiger partial charge >= 0.3 is 6.03 Å². The summed E-state index contributed by atoms with van der Waals surface area (Å²) in [6.45, 7) is 0. The van der Waals surface area contributed by atoms with Gasteiger partial charge in [0.15, 0.2) is 0 Å². The molecule has 6 heteroatoms. The van der Waals surface area contributed by atoms with E-state index >= 15 is 0 Å². The first-order chi connectivity index (χ1) is 17.2. The summed E-state index contributed by atoms with van der Waals surface area (Å²) in [5.74, 6) is 1.02. The number of fused-ring (bicyclic) bond motifs is 1. The fraction of sp³-hybridized carbons (Fsp3) is 0.103. The van der Waals surface area contributed by atoms with E-state index < -0.39 is 0 Å². The van der Waals surface area contributed by atoms with Crippen LogP contribution in [0.15, 0.2) is 108 Å². The van der Waals surface area contributed by atoms with Gasteiger partial charge in [-0.05, 0) is 72.8 Å². The molecule has 4 aromatic carbocycles. The maximum absolute atomic E-state index is 12.5. The average molecular weight is 479 g/mol. The number of nitrogens with one attached hydrogen (secondary N) is 2. The lowest BCUT2D eigenvalue weighted by atomic mass is 10.1. The van der Waals surface area contributed by atoms with Crippen LogP contribution in [0.3, 0.4) is 0 Å². The summed E-state index contributed by atoms with van der Waals surface area (Å²) in [6.07, 6.45) is 3.60. The number of para-hydroxylation sites is 3. The molecular weight excluding hydrogens is 452 g/mol. The number of aryl methyl sites for hydroxylation is 2. The third kappa shape index (κ3) is 5.39. The number of carbonyl (C=O) groups is 1. The second-order valence-electron chi connectivity index (χ2n) is 8.20. The summed E-state index contributed by atoms with van der Waals surface area (Å²) >= 11 is 1.64. The van der Waals surface area contributed by atoms with Crippen LogP contribution in [-0.4, -0.2) is 21.8 Å². The van der Waals surface area contributed by atoms with Gasteiger partial charge in [0, 0.05) is 28.4 Å². The minimum absolute atomic E-state index is 0.258. The Morgan fingerprint density at radius 2 is 1.51 bits per heavy atom. The van der Waals surface area contributed by atoms with Crippen LogP contribution in [0.2, 0.25) is 0 Å². The summed E-state index contributed by atoms with van der Waals surface area (Å²) in [4.78, 5) is 18.6. The summed E-state index contributed by atoms with van der Waals surface area (Å²) in [5.41, 5.74) is 5.87. The number of hydrogen-bond acceptors (Lipinski definition) is 3. The monoisotopic (exact) mass is 478 g/mol. The van der Waals surface area contributed by atoms with Gasteiger partial charge in [-0.1, -0.05) is 48.5 Å². The lowest BCUT2D eigenvalue weighted by Crippen LogP contribution is -2.19. The van der Waals surface area contributed by atoms with Crippen molar-refractivity contribution >= 4 is 40.2 Å². The van der Waals surface area contributed by atoms with E-state index in [0.717, 1.165) is 57.2 Å². The molecule has 0 saturated heterocycles. The van der Waals surface area contributed by atoms with Crippen LogP contribution < -0.4 is 10.6 Å². The van der Waals surface area contributed by atoms with Crippen LogP contribution in [0.25, 0.3) is 16.7 Å². The Labute approximate surface area is 209 Å². The van der Waals surface area contributed by atoms with E-state index in [2.05, 4.69) is 45.5 Å². The Hall–Kier alpha value is -4.03. The third-order valence-electron chi connectivity index (χ3n) is 5.79. The highest BCUT2D eigenvalue weighted by Crippen LogP contribution is 2.23. The number of imidazole rings is 1. The number of rotatable bonds is 7. The molecule has 1 heterocycles. The minimum Gasteiger partial charge on any atom is -0.308 e. The second kappa shape index (κ2) is 10.5. The normalized spacial score (nSPS) is 10.9. The van der Waals surface area contributed by atoms with Gasteiger partial charge in [0.05, 0.1) is 11.0 Å². The molecule has 0 radical (unpaired) electrons. The van der Waals surface area contributed by atoms with Gasteiger partial charge in [-0.2, -0.15) is 0 Å². The standard InChI is InChI=1S/C29H26N4OS/c1-35-25-14-8-11-23(20-25)31-29(34)30-22-10-7-9-21(19-22)17-18-28-32-26-15-5-6-16-27(26)33(28)24-12-3-2-4-13-24/h2-16,19-20H,17-18H2,1H3,(H2,30,31,34). The topological polar surface area (TPSA) is 59.0 Å². The van der Waals surface area contributed by atoms with Gasteiger partial charge in [0.1, 0.15) is 5.82 Å². The van der Waals surface area contributed by atoms with Gasteiger partial charge in [-0.25, -0.2) is 9.78 Å².